The van der Waals surface area contributed by atoms with Gasteiger partial charge >= 0.3 is 5.97 Å². The van der Waals surface area contributed by atoms with E-state index in [2.05, 4.69) is 10.1 Å². The summed E-state index contributed by atoms with van der Waals surface area (Å²) in [6, 6.07) is 1.82. The highest BCUT2D eigenvalue weighted by molar-refractivity contribution is 5.94. The Morgan fingerprint density at radius 2 is 2.26 bits per heavy atom. The van der Waals surface area contributed by atoms with Crippen LogP contribution < -0.4 is 5.32 Å². The predicted molar refractivity (Wildman–Crippen MR) is 67.4 cm³/mol. The summed E-state index contributed by atoms with van der Waals surface area (Å²) in [7, 11) is 2.79. The summed E-state index contributed by atoms with van der Waals surface area (Å²) in [6.45, 7) is 0.492. The van der Waals surface area contributed by atoms with Crippen LogP contribution in [0.2, 0.25) is 0 Å². The number of nitrogens with one attached hydrogen (secondary N) is 1. The standard InChI is InChI=1S/C12H13FN2O4/c1-14-5-3-4-8-6-11(15(17)18)9(7-10(8)13)12(16)19-2/h3-4,6-7,14H,5H2,1-2H3. The Morgan fingerprint density at radius 3 is 2.79 bits per heavy atom. The van der Waals surface area contributed by atoms with Crippen molar-refractivity contribution in [3.05, 3.63) is 45.3 Å². The second kappa shape index (κ2) is 6.60. The number of benzene rings is 1. The van der Waals surface area contributed by atoms with Gasteiger partial charge < -0.3 is 10.1 Å². The van der Waals surface area contributed by atoms with Gasteiger partial charge in [-0.25, -0.2) is 9.18 Å². The SMILES string of the molecule is CNCC=Cc1cc([N+](=O)[O-])c(C(=O)OC)cc1F. The fraction of sp³-hybridized carbons (Fsp3) is 0.250. The highest BCUT2D eigenvalue weighted by atomic mass is 19.1. The Labute approximate surface area is 109 Å². The molecule has 0 radical (unpaired) electrons. The van der Waals surface area contributed by atoms with Crippen LogP contribution in [0.1, 0.15) is 15.9 Å². The topological polar surface area (TPSA) is 81.5 Å². The molecule has 1 aromatic rings. The Hall–Kier alpha value is -2.28. The highest BCUT2D eigenvalue weighted by Crippen LogP contribution is 2.24. The van der Waals surface area contributed by atoms with Gasteiger partial charge in [-0.15, -0.1) is 0 Å². The molecular weight excluding hydrogens is 255 g/mol. The van der Waals surface area contributed by atoms with Crippen LogP contribution in [0.4, 0.5) is 10.1 Å². The Bertz CT molecular complexity index is 529. The van der Waals surface area contributed by atoms with Gasteiger partial charge in [0.1, 0.15) is 11.4 Å². The molecule has 0 bridgehead atoms. The van der Waals surface area contributed by atoms with Crippen LogP contribution in [0, 0.1) is 15.9 Å². The van der Waals surface area contributed by atoms with E-state index in [9.17, 15) is 19.3 Å². The van der Waals surface area contributed by atoms with E-state index in [1.54, 1.807) is 13.1 Å². The van der Waals surface area contributed by atoms with Crippen LogP contribution >= 0.6 is 0 Å². The van der Waals surface area contributed by atoms with E-state index in [0.717, 1.165) is 19.2 Å². The maximum Gasteiger partial charge on any atom is 0.344 e. The first-order valence-electron chi connectivity index (χ1n) is 5.38. The first kappa shape index (κ1) is 14.8. The zero-order valence-corrected chi connectivity index (χ0v) is 10.5. The van der Waals surface area contributed by atoms with E-state index in [4.69, 9.17) is 0 Å². The van der Waals surface area contributed by atoms with Crippen LogP contribution in [0.5, 0.6) is 0 Å². The molecule has 0 aromatic heterocycles. The molecule has 0 amide bonds. The van der Waals surface area contributed by atoms with Gasteiger partial charge in [0.2, 0.25) is 0 Å². The number of hydrogen-bond donors (Lipinski definition) is 1. The maximum absolute atomic E-state index is 13.7. The number of carbonyl (C=O) groups excluding carboxylic acids is 1. The molecule has 0 saturated heterocycles. The Balaban J connectivity index is 3.28. The van der Waals surface area contributed by atoms with E-state index < -0.39 is 28.0 Å². The highest BCUT2D eigenvalue weighted by Gasteiger charge is 2.23. The zero-order valence-electron chi connectivity index (χ0n) is 10.5. The first-order chi connectivity index (χ1) is 9.01. The van der Waals surface area contributed by atoms with Gasteiger partial charge in [0.05, 0.1) is 12.0 Å². The van der Waals surface area contributed by atoms with Crippen molar-refractivity contribution >= 4 is 17.7 Å². The summed E-state index contributed by atoms with van der Waals surface area (Å²) in [6.07, 6.45) is 3.01. The molecule has 1 N–H and O–H groups in total. The molecule has 0 aliphatic rings. The average Bonchev–Trinajstić information content (AvgIpc) is 2.39. The fourth-order valence-corrected chi connectivity index (χ4v) is 1.43. The minimum atomic E-state index is -0.948. The molecule has 1 rings (SSSR count). The summed E-state index contributed by atoms with van der Waals surface area (Å²) in [5.74, 6) is -1.67. The first-order valence-corrected chi connectivity index (χ1v) is 5.38. The van der Waals surface area contributed by atoms with Crippen molar-refractivity contribution < 1.29 is 18.8 Å². The van der Waals surface area contributed by atoms with Crippen molar-refractivity contribution in [2.75, 3.05) is 20.7 Å². The third kappa shape index (κ3) is 3.59. The van der Waals surface area contributed by atoms with Crippen LogP contribution in [0.15, 0.2) is 18.2 Å². The van der Waals surface area contributed by atoms with Crippen LogP contribution in [-0.2, 0) is 4.74 Å². The van der Waals surface area contributed by atoms with Crippen molar-refractivity contribution in [3.63, 3.8) is 0 Å². The van der Waals surface area contributed by atoms with E-state index in [1.165, 1.54) is 6.08 Å². The van der Waals surface area contributed by atoms with Crippen LogP contribution in [0.25, 0.3) is 6.08 Å². The van der Waals surface area contributed by atoms with Crippen molar-refractivity contribution in [1.82, 2.24) is 5.32 Å². The zero-order chi connectivity index (χ0) is 14.4. The average molecular weight is 268 g/mol. The second-order valence-corrected chi connectivity index (χ2v) is 3.60. The normalized spacial score (nSPS) is 10.7. The molecule has 0 spiro atoms. The maximum atomic E-state index is 13.7. The van der Waals surface area contributed by atoms with Gasteiger partial charge in [0.15, 0.2) is 0 Å². The third-order valence-electron chi connectivity index (χ3n) is 2.34. The molecule has 0 unspecified atom stereocenters. The van der Waals surface area contributed by atoms with Gasteiger partial charge in [-0.3, -0.25) is 10.1 Å². The minimum Gasteiger partial charge on any atom is -0.465 e. The number of likely N-dealkylation sites (N-methyl/N-ethyl adjacent to an activating group) is 1. The Kier molecular flexibility index (Phi) is 5.13. The van der Waals surface area contributed by atoms with Gasteiger partial charge in [0.25, 0.3) is 5.69 Å². The number of nitrogens with zero attached hydrogens (tertiary/aromatic N) is 1. The van der Waals surface area contributed by atoms with Crippen LogP contribution in [-0.4, -0.2) is 31.6 Å². The van der Waals surface area contributed by atoms with E-state index in [0.29, 0.717) is 6.54 Å². The lowest BCUT2D eigenvalue weighted by Crippen LogP contribution is -2.07. The van der Waals surface area contributed by atoms with E-state index >= 15 is 0 Å². The lowest BCUT2D eigenvalue weighted by molar-refractivity contribution is -0.385. The number of hydrogen-bond acceptors (Lipinski definition) is 5. The Morgan fingerprint density at radius 1 is 1.58 bits per heavy atom. The van der Waals surface area contributed by atoms with E-state index in [-0.39, 0.29) is 5.56 Å². The van der Waals surface area contributed by atoms with Crippen molar-refractivity contribution in [2.45, 2.75) is 0 Å². The molecule has 7 heteroatoms. The lowest BCUT2D eigenvalue weighted by atomic mass is 10.1. The lowest BCUT2D eigenvalue weighted by Gasteiger charge is -2.04. The fourth-order valence-electron chi connectivity index (χ4n) is 1.43. The molecule has 6 nitrogen and oxygen atoms in total. The number of esters is 1. The van der Waals surface area contributed by atoms with Gasteiger partial charge in [0, 0.05) is 18.2 Å². The van der Waals surface area contributed by atoms with Gasteiger partial charge in [-0.1, -0.05) is 12.2 Å². The molecule has 0 fully saturated rings. The summed E-state index contributed by atoms with van der Waals surface area (Å²) < 4.78 is 18.1. The molecule has 0 heterocycles. The number of halogens is 1. The number of rotatable bonds is 5. The van der Waals surface area contributed by atoms with Crippen molar-refractivity contribution in [2.24, 2.45) is 0 Å². The predicted octanol–water partition coefficient (Wildman–Crippen LogP) is 1.75. The number of nitro groups is 1. The molecule has 19 heavy (non-hydrogen) atoms. The van der Waals surface area contributed by atoms with Gasteiger partial charge in [-0.05, 0) is 13.1 Å². The van der Waals surface area contributed by atoms with Crippen molar-refractivity contribution in [1.29, 1.82) is 0 Å². The minimum absolute atomic E-state index is 0.0367. The molecular formula is C12H13FN2O4. The molecule has 0 saturated carbocycles. The monoisotopic (exact) mass is 268 g/mol. The van der Waals surface area contributed by atoms with Crippen LogP contribution in [0.3, 0.4) is 0 Å². The summed E-state index contributed by atoms with van der Waals surface area (Å²) in [4.78, 5) is 21.5. The molecule has 102 valence electrons. The quantitative estimate of drug-likeness (QED) is 0.500. The third-order valence-corrected chi connectivity index (χ3v) is 2.34. The van der Waals surface area contributed by atoms with Crippen molar-refractivity contribution in [3.8, 4) is 0 Å². The summed E-state index contributed by atoms with van der Waals surface area (Å²) in [5.41, 5.74) is -0.859. The molecule has 0 atom stereocenters. The van der Waals surface area contributed by atoms with Gasteiger partial charge in [-0.2, -0.15) is 0 Å². The number of nitro benzene ring substituents is 1. The smallest absolute Gasteiger partial charge is 0.344 e. The molecule has 0 aliphatic carbocycles. The summed E-state index contributed by atoms with van der Waals surface area (Å²) in [5, 5.41) is 13.7. The molecule has 1 aromatic carbocycles. The largest absolute Gasteiger partial charge is 0.465 e. The number of carbonyl (C=O) groups is 1. The second-order valence-electron chi connectivity index (χ2n) is 3.60. The number of ether oxygens (including phenoxy) is 1. The number of methoxy groups -OCH3 is 1. The van der Waals surface area contributed by atoms with E-state index in [1.807, 2.05) is 0 Å². The summed E-state index contributed by atoms with van der Waals surface area (Å²) >= 11 is 0. The molecule has 0 aliphatic heterocycles.